The normalized spacial score (nSPS) is 10.3. The lowest BCUT2D eigenvalue weighted by atomic mass is 10.2. The monoisotopic (exact) mass is 407 g/mol. The highest BCUT2D eigenvalue weighted by Crippen LogP contribution is 2.16. The number of nitrogens with zero attached hydrogens (tertiary/aromatic N) is 1. The van der Waals surface area contributed by atoms with Crippen molar-refractivity contribution in [1.29, 1.82) is 0 Å². The van der Waals surface area contributed by atoms with E-state index in [1.54, 1.807) is 41.9 Å². The molecule has 0 bridgehead atoms. The van der Waals surface area contributed by atoms with E-state index in [9.17, 15) is 9.59 Å². The molecule has 2 aromatic rings. The van der Waals surface area contributed by atoms with Crippen LogP contribution in [0.2, 0.25) is 0 Å². The summed E-state index contributed by atoms with van der Waals surface area (Å²) in [4.78, 5) is 26.8. The van der Waals surface area contributed by atoms with Crippen LogP contribution in [0.15, 0.2) is 57.9 Å². The third-order valence-electron chi connectivity index (χ3n) is 3.39. The van der Waals surface area contributed by atoms with E-state index in [0.29, 0.717) is 12.1 Å². The first-order valence-electron chi connectivity index (χ1n) is 7.29. The van der Waals surface area contributed by atoms with Crippen molar-refractivity contribution >= 4 is 39.6 Å². The number of rotatable bonds is 6. The van der Waals surface area contributed by atoms with E-state index >= 15 is 0 Å². The Balaban J connectivity index is 1.85. The Morgan fingerprint density at radius 2 is 1.88 bits per heavy atom. The predicted molar refractivity (Wildman–Crippen MR) is 99.1 cm³/mol. The van der Waals surface area contributed by atoms with Gasteiger partial charge in [0.05, 0.1) is 5.56 Å². The lowest BCUT2D eigenvalue weighted by Gasteiger charge is -2.17. The van der Waals surface area contributed by atoms with Gasteiger partial charge in [-0.25, -0.2) is 4.79 Å². The first kappa shape index (κ1) is 18.5. The molecule has 0 heterocycles. The molecule has 0 spiro atoms. The highest BCUT2D eigenvalue weighted by atomic mass is 79.9. The van der Waals surface area contributed by atoms with Crippen molar-refractivity contribution in [1.82, 2.24) is 4.90 Å². The molecular weight excluding hydrogens is 390 g/mol. The van der Waals surface area contributed by atoms with Gasteiger partial charge in [-0.3, -0.25) is 4.79 Å². The molecule has 24 heavy (non-hydrogen) atoms. The summed E-state index contributed by atoms with van der Waals surface area (Å²) in [6.07, 6.45) is 2.02. The predicted octanol–water partition coefficient (Wildman–Crippen LogP) is 3.99. The number of hydrogen-bond donors (Lipinski definition) is 0. The van der Waals surface area contributed by atoms with Crippen molar-refractivity contribution < 1.29 is 14.3 Å². The maximum Gasteiger partial charge on any atom is 0.338 e. The Bertz CT molecular complexity index is 718. The minimum atomic E-state index is -0.512. The average Bonchev–Trinajstić information content (AvgIpc) is 2.60. The Morgan fingerprint density at radius 3 is 2.50 bits per heavy atom. The van der Waals surface area contributed by atoms with Crippen LogP contribution in [0.25, 0.3) is 0 Å². The first-order chi connectivity index (χ1) is 11.5. The number of amides is 1. The van der Waals surface area contributed by atoms with Gasteiger partial charge >= 0.3 is 5.97 Å². The Hall–Kier alpha value is -1.79. The second kappa shape index (κ2) is 8.89. The van der Waals surface area contributed by atoms with Crippen molar-refractivity contribution in [3.63, 3.8) is 0 Å². The molecule has 1 amide bonds. The number of hydrogen-bond acceptors (Lipinski definition) is 4. The van der Waals surface area contributed by atoms with E-state index in [-0.39, 0.29) is 12.5 Å². The first-order valence-corrected chi connectivity index (χ1v) is 9.31. The fourth-order valence-corrected chi connectivity index (χ4v) is 2.84. The van der Waals surface area contributed by atoms with Crippen molar-refractivity contribution in [2.75, 3.05) is 19.9 Å². The molecule has 0 aliphatic rings. The Kier molecular flexibility index (Phi) is 6.87. The molecule has 6 heteroatoms. The summed E-state index contributed by atoms with van der Waals surface area (Å²) in [5, 5.41) is 0. The van der Waals surface area contributed by atoms with Crippen LogP contribution < -0.4 is 0 Å². The topological polar surface area (TPSA) is 46.6 Å². The molecule has 0 saturated heterocycles. The van der Waals surface area contributed by atoms with Crippen LogP contribution in [-0.4, -0.2) is 36.7 Å². The van der Waals surface area contributed by atoms with E-state index in [0.717, 1.165) is 10.0 Å². The van der Waals surface area contributed by atoms with Gasteiger partial charge in [0.1, 0.15) is 0 Å². The van der Waals surface area contributed by atoms with Gasteiger partial charge in [0, 0.05) is 23.0 Å². The molecule has 0 aliphatic carbocycles. The SMILES string of the molecule is CSc1ccc(CN(C)C(=O)COC(=O)c2cccc(Br)c2)cc1. The molecule has 0 unspecified atom stereocenters. The van der Waals surface area contributed by atoms with Gasteiger partial charge in [-0.05, 0) is 42.2 Å². The smallest absolute Gasteiger partial charge is 0.338 e. The zero-order chi connectivity index (χ0) is 17.5. The average molecular weight is 408 g/mol. The minimum absolute atomic E-state index is 0.243. The van der Waals surface area contributed by atoms with Gasteiger partial charge in [-0.1, -0.05) is 34.1 Å². The van der Waals surface area contributed by atoms with E-state index in [2.05, 4.69) is 15.9 Å². The summed E-state index contributed by atoms with van der Waals surface area (Å²) < 4.78 is 5.87. The fourth-order valence-electron chi connectivity index (χ4n) is 2.03. The summed E-state index contributed by atoms with van der Waals surface area (Å²) in [6, 6.07) is 14.9. The van der Waals surface area contributed by atoms with Gasteiger partial charge < -0.3 is 9.64 Å². The number of thioether (sulfide) groups is 1. The number of halogens is 1. The summed E-state index contributed by atoms with van der Waals surface area (Å²) in [7, 11) is 1.69. The quantitative estimate of drug-likeness (QED) is 0.536. The lowest BCUT2D eigenvalue weighted by molar-refractivity contribution is -0.133. The maximum atomic E-state index is 12.1. The van der Waals surface area contributed by atoms with Crippen molar-refractivity contribution in [2.24, 2.45) is 0 Å². The van der Waals surface area contributed by atoms with Gasteiger partial charge in [-0.2, -0.15) is 0 Å². The molecule has 0 aliphatic heterocycles. The minimum Gasteiger partial charge on any atom is -0.452 e. The molecule has 2 rings (SSSR count). The second-order valence-corrected chi connectivity index (χ2v) is 6.98. The van der Waals surface area contributed by atoms with Crippen molar-refractivity contribution in [2.45, 2.75) is 11.4 Å². The highest BCUT2D eigenvalue weighted by Gasteiger charge is 2.14. The molecule has 0 atom stereocenters. The van der Waals surface area contributed by atoms with E-state index in [4.69, 9.17) is 4.74 Å². The third kappa shape index (κ3) is 5.39. The summed E-state index contributed by atoms with van der Waals surface area (Å²) in [5.41, 5.74) is 1.44. The highest BCUT2D eigenvalue weighted by molar-refractivity contribution is 9.10. The zero-order valence-electron chi connectivity index (χ0n) is 13.5. The number of esters is 1. The zero-order valence-corrected chi connectivity index (χ0v) is 15.9. The molecule has 0 N–H and O–H groups in total. The molecule has 0 aromatic heterocycles. The van der Waals surface area contributed by atoms with Crippen LogP contribution in [0.5, 0.6) is 0 Å². The second-order valence-electron chi connectivity index (χ2n) is 5.18. The number of ether oxygens (including phenoxy) is 1. The Morgan fingerprint density at radius 1 is 1.17 bits per heavy atom. The largest absolute Gasteiger partial charge is 0.452 e. The summed E-state index contributed by atoms with van der Waals surface area (Å²) in [5.74, 6) is -0.755. The fraction of sp³-hybridized carbons (Fsp3) is 0.222. The summed E-state index contributed by atoms with van der Waals surface area (Å²) in [6.45, 7) is 0.201. The van der Waals surface area contributed by atoms with Crippen LogP contribution in [0, 0.1) is 0 Å². The van der Waals surface area contributed by atoms with E-state index < -0.39 is 5.97 Å². The van der Waals surface area contributed by atoms with E-state index in [1.807, 2.05) is 36.6 Å². The molecular formula is C18H18BrNO3S. The van der Waals surface area contributed by atoms with Crippen LogP contribution in [0.3, 0.4) is 0 Å². The van der Waals surface area contributed by atoms with Crippen LogP contribution >= 0.6 is 27.7 Å². The van der Waals surface area contributed by atoms with Crippen LogP contribution in [0.4, 0.5) is 0 Å². The molecule has 126 valence electrons. The van der Waals surface area contributed by atoms with Gasteiger partial charge in [0.25, 0.3) is 5.91 Å². The van der Waals surface area contributed by atoms with E-state index in [1.165, 1.54) is 4.90 Å². The molecule has 0 radical (unpaired) electrons. The molecule has 4 nitrogen and oxygen atoms in total. The number of likely N-dealkylation sites (N-methyl/N-ethyl adjacent to an activating group) is 1. The van der Waals surface area contributed by atoms with Crippen LogP contribution in [-0.2, 0) is 16.1 Å². The number of carbonyl (C=O) groups is 2. The Labute approximate surface area is 154 Å². The number of carbonyl (C=O) groups excluding carboxylic acids is 2. The van der Waals surface area contributed by atoms with Crippen molar-refractivity contribution in [3.05, 3.63) is 64.1 Å². The number of benzene rings is 2. The van der Waals surface area contributed by atoms with Crippen molar-refractivity contribution in [3.8, 4) is 0 Å². The summed E-state index contributed by atoms with van der Waals surface area (Å²) >= 11 is 4.97. The van der Waals surface area contributed by atoms with Gasteiger partial charge in [0.2, 0.25) is 0 Å². The standard InChI is InChI=1S/C18H18BrNO3S/c1-20(11-13-6-8-16(24-2)9-7-13)17(21)12-23-18(22)14-4-3-5-15(19)10-14/h3-10H,11-12H2,1-2H3. The third-order valence-corrected chi connectivity index (χ3v) is 4.63. The molecule has 2 aromatic carbocycles. The van der Waals surface area contributed by atoms with Gasteiger partial charge in [0.15, 0.2) is 6.61 Å². The lowest BCUT2D eigenvalue weighted by Crippen LogP contribution is -2.30. The van der Waals surface area contributed by atoms with Crippen LogP contribution in [0.1, 0.15) is 15.9 Å². The van der Waals surface area contributed by atoms with Gasteiger partial charge in [-0.15, -0.1) is 11.8 Å². The molecule has 0 fully saturated rings. The molecule has 0 saturated carbocycles. The maximum absolute atomic E-state index is 12.1.